The summed E-state index contributed by atoms with van der Waals surface area (Å²) in [5.74, 6) is 0.985. The second kappa shape index (κ2) is 7.62. The monoisotopic (exact) mass is 367 g/mol. The number of carbonyl (C=O) groups is 1. The topological polar surface area (TPSA) is 55.5 Å². The lowest BCUT2D eigenvalue weighted by molar-refractivity contribution is -0.128. The zero-order valence-corrected chi connectivity index (χ0v) is 16.3. The number of carbonyl (C=O) groups excluding carboxylic acids is 1. The van der Waals surface area contributed by atoms with Crippen molar-refractivity contribution < 1.29 is 4.79 Å². The van der Waals surface area contributed by atoms with Crippen molar-refractivity contribution >= 4 is 17.3 Å². The number of amides is 1. The first-order chi connectivity index (χ1) is 13.1. The number of nitrogens with zero attached hydrogens (tertiary/aromatic N) is 4. The quantitative estimate of drug-likeness (QED) is 0.883. The molecule has 0 atom stereocenters. The van der Waals surface area contributed by atoms with Gasteiger partial charge < -0.3 is 14.7 Å². The average Bonchev–Trinajstić information content (AvgIpc) is 3.34. The molecule has 1 N–H and O–H groups in total. The second-order valence-electron chi connectivity index (χ2n) is 7.96. The number of benzene rings is 1. The van der Waals surface area contributed by atoms with Gasteiger partial charge in [-0.25, -0.2) is 0 Å². The third-order valence-corrected chi connectivity index (χ3v) is 5.89. The third-order valence-electron chi connectivity index (χ3n) is 5.89. The first-order valence-corrected chi connectivity index (χ1v) is 9.95. The molecule has 2 aromatic rings. The van der Waals surface area contributed by atoms with Crippen LogP contribution in [0.2, 0.25) is 0 Å². The Balaban J connectivity index is 1.45. The summed E-state index contributed by atoms with van der Waals surface area (Å²) in [7, 11) is 4.20. The number of H-pyrrole nitrogens is 1. The summed E-state index contributed by atoms with van der Waals surface area (Å²) in [4.78, 5) is 18.6. The van der Waals surface area contributed by atoms with Crippen molar-refractivity contribution in [2.24, 2.45) is 5.92 Å². The van der Waals surface area contributed by atoms with Crippen molar-refractivity contribution in [3.8, 4) is 11.1 Å². The molecule has 2 fully saturated rings. The van der Waals surface area contributed by atoms with Gasteiger partial charge in [-0.1, -0.05) is 6.07 Å². The van der Waals surface area contributed by atoms with Crippen molar-refractivity contribution in [3.63, 3.8) is 0 Å². The number of piperidine rings is 1. The van der Waals surface area contributed by atoms with E-state index < -0.39 is 0 Å². The van der Waals surface area contributed by atoms with Crippen LogP contribution in [0.3, 0.4) is 0 Å². The first-order valence-electron chi connectivity index (χ1n) is 9.95. The number of hydrogen-bond acceptors (Lipinski definition) is 4. The summed E-state index contributed by atoms with van der Waals surface area (Å²) in [5.41, 5.74) is 4.82. The van der Waals surface area contributed by atoms with Crippen molar-refractivity contribution in [2.45, 2.75) is 25.7 Å². The van der Waals surface area contributed by atoms with Gasteiger partial charge in [0.2, 0.25) is 5.91 Å². The molecule has 0 unspecified atom stereocenters. The largest absolute Gasteiger partial charge is 0.376 e. The van der Waals surface area contributed by atoms with E-state index in [-0.39, 0.29) is 0 Å². The molecular formula is C21H29N5O. The molecule has 2 saturated heterocycles. The lowest BCUT2D eigenvalue weighted by Gasteiger charge is -2.37. The molecule has 144 valence electrons. The fraction of sp³-hybridized carbons (Fsp3) is 0.524. The molecule has 0 radical (unpaired) electrons. The number of hydrogen-bond donors (Lipinski definition) is 1. The van der Waals surface area contributed by atoms with E-state index in [9.17, 15) is 4.79 Å². The Morgan fingerprint density at radius 1 is 1.19 bits per heavy atom. The summed E-state index contributed by atoms with van der Waals surface area (Å²) >= 11 is 0. The lowest BCUT2D eigenvalue weighted by atomic mass is 9.95. The Morgan fingerprint density at radius 3 is 2.63 bits per heavy atom. The Bertz CT molecular complexity index is 778. The molecular weight excluding hydrogens is 338 g/mol. The molecule has 6 nitrogen and oxygen atoms in total. The predicted molar refractivity (Wildman–Crippen MR) is 109 cm³/mol. The van der Waals surface area contributed by atoms with Crippen molar-refractivity contribution in [1.29, 1.82) is 0 Å². The summed E-state index contributed by atoms with van der Waals surface area (Å²) < 4.78 is 0. The minimum atomic E-state index is 0.349. The molecule has 27 heavy (non-hydrogen) atoms. The van der Waals surface area contributed by atoms with Crippen LogP contribution >= 0.6 is 0 Å². The maximum absolute atomic E-state index is 11.9. The normalized spacial score (nSPS) is 18.4. The van der Waals surface area contributed by atoms with E-state index >= 15 is 0 Å². The highest BCUT2D eigenvalue weighted by Crippen LogP contribution is 2.35. The van der Waals surface area contributed by atoms with Crippen molar-refractivity contribution in [2.75, 3.05) is 50.1 Å². The van der Waals surface area contributed by atoms with E-state index in [1.165, 1.54) is 16.9 Å². The van der Waals surface area contributed by atoms with E-state index in [0.29, 0.717) is 11.8 Å². The van der Waals surface area contributed by atoms with E-state index in [1.54, 1.807) is 0 Å². The summed E-state index contributed by atoms with van der Waals surface area (Å²) in [6.45, 7) is 4.02. The van der Waals surface area contributed by atoms with Crippen LogP contribution < -0.4 is 9.80 Å². The van der Waals surface area contributed by atoms with Gasteiger partial charge in [0.05, 0.1) is 17.6 Å². The standard InChI is InChI=1S/C21H29N5O/c1-24(2)20-12-17(18-13-22-23-14-18)5-6-19(20)25-10-7-16(8-11-25)15-26-9-3-4-21(26)27/h5-6,12-14,16H,3-4,7-11,15H2,1-2H3,(H,22,23). The second-order valence-corrected chi connectivity index (χ2v) is 7.96. The summed E-state index contributed by atoms with van der Waals surface area (Å²) in [6, 6.07) is 6.67. The maximum Gasteiger partial charge on any atom is 0.222 e. The summed E-state index contributed by atoms with van der Waals surface area (Å²) in [5, 5.41) is 6.95. The van der Waals surface area contributed by atoms with Gasteiger partial charge in [-0.15, -0.1) is 0 Å². The van der Waals surface area contributed by atoms with Gasteiger partial charge >= 0.3 is 0 Å². The highest BCUT2D eigenvalue weighted by molar-refractivity contribution is 5.79. The van der Waals surface area contributed by atoms with Crippen LogP contribution in [0.15, 0.2) is 30.6 Å². The minimum Gasteiger partial charge on any atom is -0.376 e. The number of rotatable bonds is 5. The number of aromatic amines is 1. The van der Waals surface area contributed by atoms with Gasteiger partial charge in [-0.05, 0) is 42.9 Å². The fourth-order valence-electron chi connectivity index (χ4n) is 4.30. The van der Waals surface area contributed by atoms with E-state index in [0.717, 1.165) is 57.4 Å². The lowest BCUT2D eigenvalue weighted by Crippen LogP contribution is -2.39. The Hall–Kier alpha value is -2.50. The van der Waals surface area contributed by atoms with Gasteiger partial charge in [0.25, 0.3) is 0 Å². The molecule has 0 spiro atoms. The molecule has 1 aromatic carbocycles. The zero-order valence-electron chi connectivity index (χ0n) is 16.3. The van der Waals surface area contributed by atoms with Crippen molar-refractivity contribution in [1.82, 2.24) is 15.1 Å². The fourth-order valence-corrected chi connectivity index (χ4v) is 4.30. The predicted octanol–water partition coefficient (Wildman–Crippen LogP) is 2.98. The SMILES string of the molecule is CN(C)c1cc(-c2cn[nH]c2)ccc1N1CCC(CN2CCCC2=O)CC1. The average molecular weight is 367 g/mol. The number of anilines is 2. The van der Waals surface area contributed by atoms with Crippen LogP contribution in [0, 0.1) is 5.92 Å². The van der Waals surface area contributed by atoms with Crippen molar-refractivity contribution in [3.05, 3.63) is 30.6 Å². The molecule has 0 bridgehead atoms. The first kappa shape index (κ1) is 17.9. The molecule has 2 aliphatic rings. The molecule has 2 aliphatic heterocycles. The van der Waals surface area contributed by atoms with E-state index in [4.69, 9.17) is 0 Å². The molecule has 1 amide bonds. The van der Waals surface area contributed by atoms with Crippen LogP contribution in [-0.4, -0.2) is 61.3 Å². The smallest absolute Gasteiger partial charge is 0.222 e. The minimum absolute atomic E-state index is 0.349. The number of nitrogens with one attached hydrogen (secondary N) is 1. The third kappa shape index (κ3) is 3.80. The highest BCUT2D eigenvalue weighted by Gasteiger charge is 2.27. The van der Waals surface area contributed by atoms with Crippen LogP contribution in [0.25, 0.3) is 11.1 Å². The van der Waals surface area contributed by atoms with Gasteiger partial charge in [0, 0.05) is 58.5 Å². The van der Waals surface area contributed by atoms with Crippen LogP contribution in [0.5, 0.6) is 0 Å². The van der Waals surface area contributed by atoms with Gasteiger partial charge in [0.1, 0.15) is 0 Å². The molecule has 0 aliphatic carbocycles. The van der Waals surface area contributed by atoms with Crippen LogP contribution in [-0.2, 0) is 4.79 Å². The van der Waals surface area contributed by atoms with Crippen LogP contribution in [0.1, 0.15) is 25.7 Å². The Kier molecular flexibility index (Phi) is 5.05. The number of likely N-dealkylation sites (tertiary alicyclic amines) is 1. The summed E-state index contributed by atoms with van der Waals surface area (Å²) in [6.07, 6.45) is 7.88. The van der Waals surface area contributed by atoms with Crippen LogP contribution in [0.4, 0.5) is 11.4 Å². The molecule has 1 aromatic heterocycles. The Labute approximate surface area is 161 Å². The Morgan fingerprint density at radius 2 is 2.00 bits per heavy atom. The van der Waals surface area contributed by atoms with Gasteiger partial charge in [-0.2, -0.15) is 5.10 Å². The highest BCUT2D eigenvalue weighted by atomic mass is 16.2. The molecule has 0 saturated carbocycles. The molecule has 4 rings (SSSR count). The zero-order chi connectivity index (χ0) is 18.8. The van der Waals surface area contributed by atoms with E-state index in [1.807, 2.05) is 12.4 Å². The van der Waals surface area contributed by atoms with Gasteiger partial charge in [0.15, 0.2) is 0 Å². The van der Waals surface area contributed by atoms with Gasteiger partial charge in [-0.3, -0.25) is 9.89 Å². The molecule has 3 heterocycles. The molecule has 6 heteroatoms. The number of aromatic nitrogens is 2. The van der Waals surface area contributed by atoms with E-state index in [2.05, 4.69) is 57.2 Å². The maximum atomic E-state index is 11.9.